The summed E-state index contributed by atoms with van der Waals surface area (Å²) in [6.07, 6.45) is -3.12. The lowest BCUT2D eigenvalue weighted by Gasteiger charge is -2.21. The number of anilines is 1. The topological polar surface area (TPSA) is 93.1 Å². The molecule has 2 aromatic rings. The average Bonchev–Trinajstić information content (AvgIpc) is 3.02. The van der Waals surface area contributed by atoms with Crippen LogP contribution in [0.5, 0.6) is 0 Å². The lowest BCUT2D eigenvalue weighted by molar-refractivity contribution is -0.142. The molecule has 1 aromatic carbocycles. The van der Waals surface area contributed by atoms with E-state index in [0.717, 1.165) is 17.3 Å². The Labute approximate surface area is 177 Å². The van der Waals surface area contributed by atoms with Crippen LogP contribution in [0.4, 0.5) is 23.7 Å². The zero-order chi connectivity index (χ0) is 22.9. The summed E-state index contributed by atoms with van der Waals surface area (Å²) in [4.78, 5) is 11.9. The van der Waals surface area contributed by atoms with E-state index in [1.54, 1.807) is 16.9 Å². The van der Waals surface area contributed by atoms with Gasteiger partial charge in [-0.2, -0.15) is 18.3 Å². The molecule has 0 fully saturated rings. The van der Waals surface area contributed by atoms with Crippen LogP contribution in [0.15, 0.2) is 29.4 Å². The van der Waals surface area contributed by atoms with Crippen molar-refractivity contribution in [1.82, 2.24) is 14.5 Å². The quantitative estimate of drug-likeness (QED) is 0.636. The van der Waals surface area contributed by atoms with Crippen molar-refractivity contribution in [2.24, 2.45) is 0 Å². The van der Waals surface area contributed by atoms with Gasteiger partial charge in [0.2, 0.25) is 0 Å². The van der Waals surface area contributed by atoms with Crippen molar-refractivity contribution in [3.63, 3.8) is 0 Å². The molecule has 12 heteroatoms. The zero-order valence-corrected chi connectivity index (χ0v) is 18.3. The number of rotatable bonds is 6. The molecule has 7 nitrogen and oxygen atoms in total. The average molecular weight is 467 g/mol. The number of urea groups is 1. The molecule has 0 aliphatic heterocycles. The number of aromatic nitrogens is 2. The zero-order valence-electron chi connectivity index (χ0n) is 16.7. The van der Waals surface area contributed by atoms with Crippen molar-refractivity contribution >= 4 is 33.3 Å². The third-order valence-electron chi connectivity index (χ3n) is 4.13. The van der Waals surface area contributed by atoms with Crippen molar-refractivity contribution in [2.75, 3.05) is 5.32 Å². The molecule has 2 N–H and O–H groups in total. The summed E-state index contributed by atoms with van der Waals surface area (Å²) < 4.78 is 64.3. The summed E-state index contributed by atoms with van der Waals surface area (Å²) >= 11 is 6.17. The van der Waals surface area contributed by atoms with Gasteiger partial charge in [0.05, 0.1) is 6.20 Å². The number of nitrogens with zero attached hydrogens (tertiary/aromatic N) is 2. The molecule has 0 unspecified atom stereocenters. The lowest BCUT2D eigenvalue weighted by Crippen LogP contribution is -2.35. The molecule has 30 heavy (non-hydrogen) atoms. The lowest BCUT2D eigenvalue weighted by atomic mass is 9.92. The Balaban J connectivity index is 2.27. The van der Waals surface area contributed by atoms with Crippen molar-refractivity contribution < 1.29 is 26.4 Å². The van der Waals surface area contributed by atoms with Crippen LogP contribution in [0.1, 0.15) is 50.7 Å². The van der Waals surface area contributed by atoms with E-state index in [9.17, 15) is 26.4 Å². The van der Waals surface area contributed by atoms with E-state index < -0.39 is 33.7 Å². The van der Waals surface area contributed by atoms with Crippen molar-refractivity contribution in [3.8, 4) is 0 Å². The maximum atomic E-state index is 12.4. The highest BCUT2D eigenvalue weighted by molar-refractivity contribution is 7.90. The minimum Gasteiger partial charge on any atom is -0.307 e. The van der Waals surface area contributed by atoms with E-state index in [2.05, 4.69) is 10.4 Å². The molecular formula is C18H22ClF3N4O3S. The van der Waals surface area contributed by atoms with Gasteiger partial charge in [-0.25, -0.2) is 17.9 Å². The van der Waals surface area contributed by atoms with Gasteiger partial charge < -0.3 is 5.32 Å². The first kappa shape index (κ1) is 24.0. The molecule has 0 bridgehead atoms. The summed E-state index contributed by atoms with van der Waals surface area (Å²) in [7, 11) is -4.43. The number of hydrogen-bond acceptors (Lipinski definition) is 4. The van der Waals surface area contributed by atoms with Crippen LogP contribution in [0.2, 0.25) is 5.02 Å². The van der Waals surface area contributed by atoms with Gasteiger partial charge in [0, 0.05) is 16.9 Å². The van der Waals surface area contributed by atoms with E-state index in [-0.39, 0.29) is 11.8 Å². The van der Waals surface area contributed by atoms with Crippen molar-refractivity contribution in [3.05, 3.63) is 40.7 Å². The van der Waals surface area contributed by atoms with E-state index >= 15 is 0 Å². The SMILES string of the molecule is CC(C)c1cc(Cl)cc(C(C)C)c1NC(=O)NS(=O)(=O)c1cnn(CC(F)(F)F)c1. The van der Waals surface area contributed by atoms with E-state index in [4.69, 9.17) is 11.6 Å². The van der Waals surface area contributed by atoms with E-state index in [1.807, 2.05) is 27.7 Å². The first-order valence-corrected chi connectivity index (χ1v) is 10.8. The minimum absolute atomic E-state index is 0.0197. The fraction of sp³-hybridized carbons (Fsp3) is 0.444. The number of amides is 2. The molecule has 0 aliphatic rings. The molecule has 0 saturated heterocycles. The van der Waals surface area contributed by atoms with Crippen molar-refractivity contribution in [2.45, 2.75) is 57.1 Å². The third-order valence-corrected chi connectivity index (χ3v) is 5.64. The Morgan fingerprint density at radius 3 is 2.17 bits per heavy atom. The second-order valence-electron chi connectivity index (χ2n) is 7.32. The number of hydrogen-bond donors (Lipinski definition) is 2. The monoisotopic (exact) mass is 466 g/mol. The number of carbonyl (C=O) groups excluding carboxylic acids is 1. The smallest absolute Gasteiger partial charge is 0.307 e. The van der Waals surface area contributed by atoms with Crippen LogP contribution < -0.4 is 10.0 Å². The predicted molar refractivity (Wildman–Crippen MR) is 107 cm³/mol. The molecule has 1 aromatic heterocycles. The van der Waals surface area contributed by atoms with Crippen LogP contribution in [0, 0.1) is 0 Å². The van der Waals surface area contributed by atoms with Gasteiger partial charge in [0.1, 0.15) is 11.4 Å². The van der Waals surface area contributed by atoms with Crippen LogP contribution in [-0.4, -0.2) is 30.4 Å². The number of benzene rings is 1. The van der Waals surface area contributed by atoms with Crippen LogP contribution in [0.25, 0.3) is 0 Å². The normalized spacial score (nSPS) is 12.5. The van der Waals surface area contributed by atoms with E-state index in [0.29, 0.717) is 21.6 Å². The number of carbonyl (C=O) groups is 1. The number of nitrogens with one attached hydrogen (secondary N) is 2. The Bertz CT molecular complexity index is 1000. The predicted octanol–water partition coefficient (Wildman–Crippen LogP) is 4.86. The Morgan fingerprint density at radius 1 is 1.17 bits per heavy atom. The van der Waals surface area contributed by atoms with E-state index in [1.165, 1.54) is 0 Å². The van der Waals surface area contributed by atoms with Gasteiger partial charge in [0.25, 0.3) is 10.0 Å². The Hall–Kier alpha value is -2.27. The summed E-state index contributed by atoms with van der Waals surface area (Å²) in [5, 5.41) is 6.40. The highest BCUT2D eigenvalue weighted by Gasteiger charge is 2.30. The van der Waals surface area contributed by atoms with Gasteiger partial charge in [-0.1, -0.05) is 39.3 Å². The maximum Gasteiger partial charge on any atom is 0.408 e. The van der Waals surface area contributed by atoms with Gasteiger partial charge in [-0.05, 0) is 35.1 Å². The molecule has 166 valence electrons. The highest BCUT2D eigenvalue weighted by Crippen LogP contribution is 2.35. The molecule has 2 rings (SSSR count). The second-order valence-corrected chi connectivity index (χ2v) is 9.44. The Kier molecular flexibility index (Phi) is 7.08. The molecule has 0 radical (unpaired) electrons. The molecule has 0 spiro atoms. The highest BCUT2D eigenvalue weighted by atomic mass is 35.5. The van der Waals surface area contributed by atoms with Gasteiger partial charge in [-0.15, -0.1) is 0 Å². The van der Waals surface area contributed by atoms with Gasteiger partial charge in [0.15, 0.2) is 0 Å². The third kappa shape index (κ3) is 6.11. The van der Waals surface area contributed by atoms with Gasteiger partial charge in [-0.3, -0.25) is 4.68 Å². The maximum absolute atomic E-state index is 12.4. The van der Waals surface area contributed by atoms with Crippen LogP contribution in [0.3, 0.4) is 0 Å². The molecule has 0 saturated carbocycles. The summed E-state index contributed by atoms with van der Waals surface area (Å²) in [5.74, 6) is -0.0394. The summed E-state index contributed by atoms with van der Waals surface area (Å²) in [6.45, 7) is 6.12. The van der Waals surface area contributed by atoms with Crippen LogP contribution in [-0.2, 0) is 16.6 Å². The minimum atomic E-state index is -4.56. The summed E-state index contributed by atoms with van der Waals surface area (Å²) in [5.41, 5.74) is 1.87. The number of sulfonamides is 1. The molecule has 2 amide bonds. The van der Waals surface area contributed by atoms with Crippen LogP contribution >= 0.6 is 11.6 Å². The second kappa shape index (κ2) is 8.84. The first-order chi connectivity index (χ1) is 13.7. The molecular weight excluding hydrogens is 445 g/mol. The molecule has 0 aliphatic carbocycles. The standard InChI is InChI=1S/C18H22ClF3N4O3S/c1-10(2)14-5-12(19)6-15(11(3)4)16(14)24-17(27)25-30(28,29)13-7-23-26(8-13)9-18(20,21)22/h5-8,10-11H,9H2,1-4H3,(H2,24,25,27). The molecule has 1 heterocycles. The molecule has 0 atom stereocenters. The fourth-order valence-corrected chi connectivity index (χ4v) is 3.87. The van der Waals surface area contributed by atoms with Crippen molar-refractivity contribution in [1.29, 1.82) is 0 Å². The van der Waals surface area contributed by atoms with Gasteiger partial charge >= 0.3 is 12.2 Å². The number of alkyl halides is 3. The number of halogens is 4. The summed E-state index contributed by atoms with van der Waals surface area (Å²) in [6, 6.07) is 2.32. The largest absolute Gasteiger partial charge is 0.408 e. The fourth-order valence-electron chi connectivity index (χ4n) is 2.78. The Morgan fingerprint density at radius 2 is 1.70 bits per heavy atom. The first-order valence-electron chi connectivity index (χ1n) is 8.96.